The Morgan fingerprint density at radius 1 is 1.35 bits per heavy atom. The molecule has 7 heteroatoms. The topological polar surface area (TPSA) is 55.0 Å². The Labute approximate surface area is 126 Å². The zero-order chi connectivity index (χ0) is 14.7. The summed E-state index contributed by atoms with van der Waals surface area (Å²) in [5.41, 5.74) is 6.90. The second-order valence-corrected chi connectivity index (χ2v) is 7.04. The molecule has 0 radical (unpaired) electrons. The van der Waals surface area contributed by atoms with Crippen molar-refractivity contribution in [1.82, 2.24) is 10.2 Å². The Bertz CT molecular complexity index is 571. The fourth-order valence-electron chi connectivity index (χ4n) is 1.70. The predicted molar refractivity (Wildman–Crippen MR) is 82.9 cm³/mol. The molecular weight excluding hydrogens is 295 g/mol. The van der Waals surface area contributed by atoms with Gasteiger partial charge >= 0.3 is 0 Å². The van der Waals surface area contributed by atoms with Crippen LogP contribution in [0.1, 0.15) is 17.7 Å². The van der Waals surface area contributed by atoms with E-state index in [0.717, 1.165) is 15.0 Å². The van der Waals surface area contributed by atoms with E-state index in [1.165, 1.54) is 35.2 Å². The van der Waals surface area contributed by atoms with Crippen LogP contribution < -0.4 is 10.6 Å². The molecule has 108 valence electrons. The highest BCUT2D eigenvalue weighted by molar-refractivity contribution is 8.01. The van der Waals surface area contributed by atoms with E-state index in [1.807, 2.05) is 32.0 Å². The van der Waals surface area contributed by atoms with Crippen molar-refractivity contribution in [2.45, 2.75) is 22.6 Å². The van der Waals surface area contributed by atoms with Crippen molar-refractivity contribution in [2.75, 3.05) is 19.0 Å². The molecule has 20 heavy (non-hydrogen) atoms. The van der Waals surface area contributed by atoms with Gasteiger partial charge in [-0.15, -0.1) is 10.2 Å². The zero-order valence-corrected chi connectivity index (χ0v) is 13.2. The van der Waals surface area contributed by atoms with Gasteiger partial charge in [0.1, 0.15) is 5.82 Å². The summed E-state index contributed by atoms with van der Waals surface area (Å²) in [4.78, 5) is 1.91. The van der Waals surface area contributed by atoms with Crippen LogP contribution in [0.4, 0.5) is 9.52 Å². The van der Waals surface area contributed by atoms with Gasteiger partial charge in [0.2, 0.25) is 5.13 Å². The fraction of sp³-hybridized carbons (Fsp3) is 0.385. The van der Waals surface area contributed by atoms with E-state index in [0.29, 0.717) is 0 Å². The number of nitrogens with two attached hydrogens (primary N) is 1. The summed E-state index contributed by atoms with van der Waals surface area (Å²) < 4.78 is 14.2. The average Bonchev–Trinajstić information content (AvgIpc) is 2.84. The summed E-state index contributed by atoms with van der Waals surface area (Å²) in [5.74, 6) is -0.250. The van der Waals surface area contributed by atoms with Gasteiger partial charge in [-0.2, -0.15) is 0 Å². The van der Waals surface area contributed by atoms with Crippen molar-refractivity contribution in [3.63, 3.8) is 0 Å². The van der Waals surface area contributed by atoms with Gasteiger partial charge in [-0.25, -0.2) is 4.39 Å². The summed E-state index contributed by atoms with van der Waals surface area (Å²) in [7, 11) is 3.84. The molecule has 1 aromatic carbocycles. The maximum absolute atomic E-state index is 13.4. The standard InChI is InChI=1S/C13H17FN4S2/c1-8(15)11(9-5-4-6-10(14)7-9)19-13-17-16-12(20-13)18(2)3/h4-8,11H,15H2,1-3H3. The molecule has 0 amide bonds. The van der Waals surface area contributed by atoms with Crippen molar-refractivity contribution in [1.29, 1.82) is 0 Å². The highest BCUT2D eigenvalue weighted by atomic mass is 32.2. The summed E-state index contributed by atoms with van der Waals surface area (Å²) in [5, 5.41) is 9.04. The third kappa shape index (κ3) is 3.68. The van der Waals surface area contributed by atoms with Crippen molar-refractivity contribution in [3.05, 3.63) is 35.6 Å². The van der Waals surface area contributed by atoms with E-state index in [4.69, 9.17) is 5.73 Å². The van der Waals surface area contributed by atoms with Crippen LogP contribution >= 0.6 is 23.1 Å². The van der Waals surface area contributed by atoms with Crippen LogP contribution in [0.5, 0.6) is 0 Å². The molecule has 1 aromatic heterocycles. The molecule has 0 aliphatic heterocycles. The van der Waals surface area contributed by atoms with Crippen LogP contribution in [0.15, 0.2) is 28.6 Å². The van der Waals surface area contributed by atoms with Crippen LogP contribution in [-0.2, 0) is 0 Å². The minimum atomic E-state index is -0.250. The second kappa shape index (κ2) is 6.51. The molecule has 4 nitrogen and oxygen atoms in total. The van der Waals surface area contributed by atoms with Crippen LogP contribution in [0.25, 0.3) is 0 Å². The Morgan fingerprint density at radius 3 is 2.65 bits per heavy atom. The summed E-state index contributed by atoms with van der Waals surface area (Å²) in [6.07, 6.45) is 0. The van der Waals surface area contributed by atoms with Crippen molar-refractivity contribution >= 4 is 28.2 Å². The molecule has 0 spiro atoms. The SMILES string of the molecule is CC(N)C(Sc1nnc(N(C)C)s1)c1cccc(F)c1. The first-order valence-electron chi connectivity index (χ1n) is 6.16. The molecule has 0 aliphatic carbocycles. The van der Waals surface area contributed by atoms with Gasteiger partial charge < -0.3 is 10.6 Å². The molecule has 2 aromatic rings. The number of thioether (sulfide) groups is 1. The Balaban J connectivity index is 2.21. The van der Waals surface area contributed by atoms with Gasteiger partial charge in [0.05, 0.1) is 5.25 Å². The number of rotatable bonds is 5. The van der Waals surface area contributed by atoms with Crippen LogP contribution in [0.3, 0.4) is 0 Å². The van der Waals surface area contributed by atoms with E-state index in [-0.39, 0.29) is 17.1 Å². The van der Waals surface area contributed by atoms with E-state index >= 15 is 0 Å². The van der Waals surface area contributed by atoms with Crippen molar-refractivity contribution in [3.8, 4) is 0 Å². The number of hydrogen-bond donors (Lipinski definition) is 1. The first-order valence-corrected chi connectivity index (χ1v) is 7.85. The minimum Gasteiger partial charge on any atom is -0.353 e. The van der Waals surface area contributed by atoms with E-state index < -0.39 is 0 Å². The number of anilines is 1. The molecule has 2 unspecified atom stereocenters. The lowest BCUT2D eigenvalue weighted by atomic mass is 10.1. The fourth-order valence-corrected chi connectivity index (χ4v) is 3.73. The highest BCUT2D eigenvalue weighted by Crippen LogP contribution is 2.39. The van der Waals surface area contributed by atoms with Crippen molar-refractivity contribution in [2.24, 2.45) is 5.73 Å². The molecule has 0 bridgehead atoms. The Kier molecular flexibility index (Phi) is 4.95. The van der Waals surface area contributed by atoms with Gasteiger partial charge in [0.25, 0.3) is 0 Å². The normalized spacial score (nSPS) is 14.1. The quantitative estimate of drug-likeness (QED) is 0.860. The molecule has 0 fully saturated rings. The molecule has 0 saturated heterocycles. The second-order valence-electron chi connectivity index (χ2n) is 4.70. The van der Waals surface area contributed by atoms with Crippen LogP contribution in [0, 0.1) is 5.82 Å². The molecule has 2 rings (SSSR count). The minimum absolute atomic E-state index is 0.0475. The molecule has 2 atom stereocenters. The Hall–Kier alpha value is -1.18. The number of hydrogen-bond acceptors (Lipinski definition) is 6. The van der Waals surface area contributed by atoms with Gasteiger partial charge in [-0.1, -0.05) is 35.2 Å². The molecule has 0 saturated carbocycles. The third-order valence-corrected chi connectivity index (χ3v) is 5.32. The smallest absolute Gasteiger partial charge is 0.208 e. The van der Waals surface area contributed by atoms with E-state index in [1.54, 1.807) is 6.07 Å². The number of halogens is 1. The van der Waals surface area contributed by atoms with Crippen molar-refractivity contribution < 1.29 is 4.39 Å². The predicted octanol–water partition coefficient (Wildman–Crippen LogP) is 2.92. The van der Waals surface area contributed by atoms with E-state index in [9.17, 15) is 4.39 Å². The number of aromatic nitrogens is 2. The van der Waals surface area contributed by atoms with Crippen LogP contribution in [-0.4, -0.2) is 30.3 Å². The van der Waals surface area contributed by atoms with Crippen LogP contribution in [0.2, 0.25) is 0 Å². The Morgan fingerprint density at radius 2 is 2.10 bits per heavy atom. The lowest BCUT2D eigenvalue weighted by Gasteiger charge is -2.19. The zero-order valence-electron chi connectivity index (χ0n) is 11.6. The molecule has 2 N–H and O–H groups in total. The molecular formula is C13H17FN4S2. The lowest BCUT2D eigenvalue weighted by Crippen LogP contribution is -2.22. The van der Waals surface area contributed by atoms with Gasteiger partial charge in [0, 0.05) is 20.1 Å². The average molecular weight is 312 g/mol. The maximum atomic E-state index is 13.4. The van der Waals surface area contributed by atoms with Gasteiger partial charge in [-0.3, -0.25) is 0 Å². The van der Waals surface area contributed by atoms with Gasteiger partial charge in [-0.05, 0) is 24.6 Å². The summed E-state index contributed by atoms with van der Waals surface area (Å²) in [6.45, 7) is 1.91. The monoisotopic (exact) mass is 312 g/mol. The number of benzene rings is 1. The first-order chi connectivity index (χ1) is 9.47. The van der Waals surface area contributed by atoms with E-state index in [2.05, 4.69) is 10.2 Å². The molecule has 1 heterocycles. The first kappa shape index (κ1) is 15.2. The maximum Gasteiger partial charge on any atom is 0.208 e. The third-order valence-electron chi connectivity index (χ3n) is 2.66. The number of nitrogens with zero attached hydrogens (tertiary/aromatic N) is 3. The van der Waals surface area contributed by atoms with Gasteiger partial charge in [0.15, 0.2) is 4.34 Å². The lowest BCUT2D eigenvalue weighted by molar-refractivity contribution is 0.622. The highest BCUT2D eigenvalue weighted by Gasteiger charge is 2.20. The summed E-state index contributed by atoms with van der Waals surface area (Å²) >= 11 is 3.03. The summed E-state index contributed by atoms with van der Waals surface area (Å²) in [6, 6.07) is 6.42. The largest absolute Gasteiger partial charge is 0.353 e. The molecule has 0 aliphatic rings.